The topological polar surface area (TPSA) is 129 Å². The number of hydrogen-bond donors (Lipinski definition) is 2. The maximum atomic E-state index is 13.4. The van der Waals surface area contributed by atoms with Crippen LogP contribution in [0.3, 0.4) is 0 Å². The fourth-order valence-corrected chi connectivity index (χ4v) is 5.21. The number of hydrogen-bond acceptors (Lipinski definition) is 6. The maximum Gasteiger partial charge on any atom is 0.449 e. The van der Waals surface area contributed by atoms with Gasteiger partial charge in [-0.05, 0) is 67.6 Å². The average molecular weight is 480 g/mol. The summed E-state index contributed by atoms with van der Waals surface area (Å²) in [5.41, 5.74) is 3.60. The van der Waals surface area contributed by atoms with Gasteiger partial charge in [0.1, 0.15) is 12.4 Å². The van der Waals surface area contributed by atoms with Crippen LogP contribution in [-0.2, 0) is 4.79 Å². The van der Waals surface area contributed by atoms with Crippen LogP contribution in [0, 0.1) is 5.82 Å². The van der Waals surface area contributed by atoms with Crippen molar-refractivity contribution in [1.29, 1.82) is 0 Å². The minimum absolute atomic E-state index is 0.153. The lowest BCUT2D eigenvalue weighted by Gasteiger charge is -2.27. The Bertz CT molecular complexity index is 1290. The third-order valence-corrected chi connectivity index (χ3v) is 6.77. The molecule has 5 rings (SSSR count). The van der Waals surface area contributed by atoms with E-state index in [9.17, 15) is 14.0 Å². The lowest BCUT2D eigenvalue weighted by atomic mass is 10.0. The lowest BCUT2D eigenvalue weighted by molar-refractivity contribution is -0.130. The molecular weight excluding hydrogens is 453 g/mol. The Labute approximate surface area is 200 Å². The number of amides is 2. The highest BCUT2D eigenvalue weighted by atomic mass is 19.1. The maximum absolute atomic E-state index is 13.4. The van der Waals surface area contributed by atoms with Gasteiger partial charge >= 0.3 is 6.09 Å². The SMILES string of the molecule is Nn1c([C@@H]2CCCN2C(=O)CN=NC(=O)O)nc2cc([C@@H]3CCCN3c3ccc(F)cc3)ccc21. The summed E-state index contributed by atoms with van der Waals surface area (Å²) in [5.74, 6) is 6.42. The molecule has 2 atom stereocenters. The summed E-state index contributed by atoms with van der Waals surface area (Å²) in [7, 11) is 0. The molecule has 3 N–H and O–H groups in total. The van der Waals surface area contributed by atoms with Crippen LogP contribution < -0.4 is 10.7 Å². The third kappa shape index (κ3) is 4.41. The molecule has 3 aromatic rings. The second-order valence-corrected chi connectivity index (χ2v) is 8.84. The summed E-state index contributed by atoms with van der Waals surface area (Å²) in [5, 5.41) is 15.0. The van der Waals surface area contributed by atoms with Gasteiger partial charge in [0.05, 0.1) is 23.1 Å². The van der Waals surface area contributed by atoms with E-state index in [1.807, 2.05) is 18.2 Å². The third-order valence-electron chi connectivity index (χ3n) is 6.77. The number of benzene rings is 2. The Kier molecular flexibility index (Phi) is 6.06. The van der Waals surface area contributed by atoms with E-state index in [0.29, 0.717) is 18.8 Å². The molecule has 10 nitrogen and oxygen atoms in total. The van der Waals surface area contributed by atoms with Gasteiger partial charge in [-0.2, -0.15) is 5.11 Å². The van der Waals surface area contributed by atoms with Gasteiger partial charge in [-0.25, -0.2) is 18.8 Å². The van der Waals surface area contributed by atoms with Crippen molar-refractivity contribution in [2.75, 3.05) is 30.4 Å². The molecule has 0 aliphatic carbocycles. The van der Waals surface area contributed by atoms with Crippen LogP contribution in [0.25, 0.3) is 11.0 Å². The Hall–Kier alpha value is -4.02. The summed E-state index contributed by atoms with van der Waals surface area (Å²) in [4.78, 5) is 31.9. The molecule has 3 heterocycles. The number of carbonyl (C=O) groups is 2. The van der Waals surface area contributed by atoms with E-state index in [2.05, 4.69) is 15.1 Å². The summed E-state index contributed by atoms with van der Waals surface area (Å²) >= 11 is 0. The number of fused-ring (bicyclic) bond motifs is 1. The highest BCUT2D eigenvalue weighted by molar-refractivity contribution is 5.80. The first-order valence-corrected chi connectivity index (χ1v) is 11.6. The smallest absolute Gasteiger partial charge is 0.449 e. The van der Waals surface area contributed by atoms with Gasteiger partial charge in [-0.3, -0.25) is 4.79 Å². The number of nitrogens with zero attached hydrogens (tertiary/aromatic N) is 6. The number of anilines is 1. The molecule has 35 heavy (non-hydrogen) atoms. The zero-order valence-corrected chi connectivity index (χ0v) is 19.0. The molecule has 2 saturated heterocycles. The Balaban J connectivity index is 1.41. The number of carbonyl (C=O) groups excluding carboxylic acids is 1. The van der Waals surface area contributed by atoms with E-state index in [-0.39, 0.29) is 30.4 Å². The minimum atomic E-state index is -1.43. The van der Waals surface area contributed by atoms with Gasteiger partial charge in [-0.1, -0.05) is 11.2 Å². The predicted molar refractivity (Wildman–Crippen MR) is 127 cm³/mol. The first-order chi connectivity index (χ1) is 16.9. The van der Waals surface area contributed by atoms with E-state index in [4.69, 9.17) is 15.9 Å². The van der Waals surface area contributed by atoms with Gasteiger partial charge in [0.2, 0.25) is 5.91 Å². The molecule has 0 spiro atoms. The number of carboxylic acid groups (broad SMARTS) is 1. The second kappa shape index (κ2) is 9.32. The number of azo groups is 1. The number of halogens is 1. The van der Waals surface area contributed by atoms with Crippen molar-refractivity contribution < 1.29 is 19.1 Å². The number of imidazole rings is 1. The van der Waals surface area contributed by atoms with Crippen LogP contribution in [0.1, 0.15) is 49.2 Å². The van der Waals surface area contributed by atoms with Crippen molar-refractivity contribution >= 4 is 28.7 Å². The highest BCUT2D eigenvalue weighted by Gasteiger charge is 2.34. The molecular formula is C24H26FN7O3. The van der Waals surface area contributed by atoms with Gasteiger partial charge in [0.15, 0.2) is 5.82 Å². The van der Waals surface area contributed by atoms with Gasteiger partial charge in [0, 0.05) is 18.8 Å². The van der Waals surface area contributed by atoms with Crippen molar-refractivity contribution in [2.45, 2.75) is 37.8 Å². The van der Waals surface area contributed by atoms with Gasteiger partial charge in [0.25, 0.3) is 0 Å². The second-order valence-electron chi connectivity index (χ2n) is 8.84. The van der Waals surface area contributed by atoms with Crippen molar-refractivity contribution in [1.82, 2.24) is 14.6 Å². The van der Waals surface area contributed by atoms with E-state index in [1.54, 1.807) is 17.0 Å². The molecule has 2 fully saturated rings. The fraction of sp³-hybridized carbons (Fsp3) is 0.375. The van der Waals surface area contributed by atoms with Crippen molar-refractivity contribution in [3.63, 3.8) is 0 Å². The quantitative estimate of drug-likeness (QED) is 0.420. The summed E-state index contributed by atoms with van der Waals surface area (Å²) < 4.78 is 14.9. The van der Waals surface area contributed by atoms with E-state index >= 15 is 0 Å². The molecule has 1 aromatic heterocycles. The summed E-state index contributed by atoms with van der Waals surface area (Å²) in [6.45, 7) is 1.08. The fourth-order valence-electron chi connectivity index (χ4n) is 5.21. The van der Waals surface area contributed by atoms with Crippen LogP contribution in [0.5, 0.6) is 0 Å². The Morgan fingerprint density at radius 1 is 1.09 bits per heavy atom. The molecule has 2 aromatic carbocycles. The first-order valence-electron chi connectivity index (χ1n) is 11.6. The van der Waals surface area contributed by atoms with Crippen molar-refractivity contribution in [3.05, 3.63) is 59.7 Å². The van der Waals surface area contributed by atoms with E-state index in [1.165, 1.54) is 16.8 Å². The lowest BCUT2D eigenvalue weighted by Crippen LogP contribution is -2.34. The van der Waals surface area contributed by atoms with Gasteiger partial charge < -0.3 is 20.7 Å². The van der Waals surface area contributed by atoms with Crippen LogP contribution in [-0.4, -0.2) is 51.3 Å². The molecule has 11 heteroatoms. The molecule has 2 aliphatic rings. The van der Waals surface area contributed by atoms with Crippen LogP contribution in [0.15, 0.2) is 52.7 Å². The number of rotatable bonds is 5. The number of likely N-dealkylation sites (tertiary alicyclic amines) is 1. The van der Waals surface area contributed by atoms with Crippen LogP contribution >= 0.6 is 0 Å². The van der Waals surface area contributed by atoms with E-state index in [0.717, 1.165) is 48.1 Å². The van der Waals surface area contributed by atoms with Gasteiger partial charge in [-0.15, -0.1) is 0 Å². The molecule has 0 radical (unpaired) electrons. The van der Waals surface area contributed by atoms with Crippen molar-refractivity contribution in [3.8, 4) is 0 Å². The molecule has 2 amide bonds. The summed E-state index contributed by atoms with van der Waals surface area (Å²) in [6.07, 6.45) is 2.07. The molecule has 0 saturated carbocycles. The molecule has 0 unspecified atom stereocenters. The monoisotopic (exact) mass is 479 g/mol. The Morgan fingerprint density at radius 2 is 1.83 bits per heavy atom. The first kappa shape index (κ1) is 22.8. The van der Waals surface area contributed by atoms with Crippen LogP contribution in [0.2, 0.25) is 0 Å². The largest absolute Gasteiger partial charge is 0.462 e. The minimum Gasteiger partial charge on any atom is -0.462 e. The normalized spacial score (nSPS) is 20.4. The summed E-state index contributed by atoms with van der Waals surface area (Å²) in [6, 6.07) is 12.4. The number of nitrogen functional groups attached to an aromatic ring is 1. The van der Waals surface area contributed by atoms with Crippen molar-refractivity contribution in [2.24, 2.45) is 10.2 Å². The molecule has 182 valence electrons. The number of nitrogens with two attached hydrogens (primary N) is 1. The highest BCUT2D eigenvalue weighted by Crippen LogP contribution is 2.38. The standard InChI is InChI=1S/C24H26FN7O3/c25-16-6-8-17(9-7-16)30-11-1-3-19(30)15-5-10-20-18(13-15)28-23(32(20)26)21-4-2-12-31(21)22(33)14-27-29-24(34)35/h5-10,13,19,21H,1-4,11-12,14,26H2,(H,34,35)/t19-,21-/m0/s1. The zero-order valence-electron chi connectivity index (χ0n) is 19.0. The van der Waals surface area contributed by atoms with E-state index < -0.39 is 6.09 Å². The van der Waals surface area contributed by atoms with Crippen LogP contribution in [0.4, 0.5) is 14.9 Å². The molecule has 2 aliphatic heterocycles. The number of aromatic nitrogens is 2. The molecule has 0 bridgehead atoms. The average Bonchev–Trinajstić information content (AvgIpc) is 3.58. The predicted octanol–water partition coefficient (Wildman–Crippen LogP) is 4.02. The zero-order chi connectivity index (χ0) is 24.5. The Morgan fingerprint density at radius 3 is 2.60 bits per heavy atom.